The van der Waals surface area contributed by atoms with Gasteiger partial charge in [0.05, 0.1) is 13.2 Å². The van der Waals surface area contributed by atoms with E-state index in [1.807, 2.05) is 0 Å². The van der Waals surface area contributed by atoms with Crippen LogP contribution in [-0.2, 0) is 9.53 Å². The zero-order valence-electron chi connectivity index (χ0n) is 8.45. The van der Waals surface area contributed by atoms with Crippen LogP contribution in [0.3, 0.4) is 0 Å². The Morgan fingerprint density at radius 1 is 1.21 bits per heavy atom. The third-order valence-electron chi connectivity index (χ3n) is 4.09. The lowest BCUT2D eigenvalue weighted by molar-refractivity contribution is -0.123. The maximum absolute atomic E-state index is 11.4. The standard InChI is InChI=1S/C11H17NO2/c13-11-7-8-5-9(11)6-10(8)12-1-3-14-4-2-12/h8-10H,1-7H2. The number of carbonyl (C=O) groups excluding carboxylic acids is 1. The molecule has 2 bridgehead atoms. The number of Topliss-reactive ketones (excluding diaryl/α,β-unsaturated/α-hetero) is 1. The molecule has 1 aliphatic heterocycles. The molecule has 0 N–H and O–H groups in total. The van der Waals surface area contributed by atoms with Gasteiger partial charge in [-0.1, -0.05) is 0 Å². The first-order valence-corrected chi connectivity index (χ1v) is 5.69. The van der Waals surface area contributed by atoms with Gasteiger partial charge in [-0.05, 0) is 18.8 Å². The van der Waals surface area contributed by atoms with Crippen molar-refractivity contribution in [1.29, 1.82) is 0 Å². The van der Waals surface area contributed by atoms with E-state index in [1.165, 1.54) is 6.42 Å². The molecule has 2 aliphatic carbocycles. The fourth-order valence-corrected chi connectivity index (χ4v) is 3.37. The number of ketones is 1. The Morgan fingerprint density at radius 2 is 2.00 bits per heavy atom. The van der Waals surface area contributed by atoms with Crippen LogP contribution in [0.15, 0.2) is 0 Å². The fourth-order valence-electron chi connectivity index (χ4n) is 3.37. The van der Waals surface area contributed by atoms with Gasteiger partial charge in [-0.15, -0.1) is 0 Å². The van der Waals surface area contributed by atoms with Crippen molar-refractivity contribution in [2.45, 2.75) is 25.3 Å². The first-order valence-electron chi connectivity index (χ1n) is 5.69. The molecule has 0 aromatic rings. The van der Waals surface area contributed by atoms with Crippen molar-refractivity contribution in [2.24, 2.45) is 11.8 Å². The van der Waals surface area contributed by atoms with Crippen LogP contribution in [0.2, 0.25) is 0 Å². The second-order valence-electron chi connectivity index (χ2n) is 4.81. The fraction of sp³-hybridized carbons (Fsp3) is 0.909. The summed E-state index contributed by atoms with van der Waals surface area (Å²) in [6.07, 6.45) is 3.15. The third kappa shape index (κ3) is 1.30. The number of rotatable bonds is 1. The Morgan fingerprint density at radius 3 is 2.57 bits per heavy atom. The Hall–Kier alpha value is -0.410. The van der Waals surface area contributed by atoms with Gasteiger partial charge >= 0.3 is 0 Å². The molecule has 3 aliphatic rings. The van der Waals surface area contributed by atoms with Crippen molar-refractivity contribution in [3.63, 3.8) is 0 Å². The van der Waals surface area contributed by atoms with Gasteiger partial charge in [0.15, 0.2) is 0 Å². The molecule has 0 amide bonds. The number of hydrogen-bond donors (Lipinski definition) is 0. The molecule has 14 heavy (non-hydrogen) atoms. The van der Waals surface area contributed by atoms with Crippen molar-refractivity contribution in [3.8, 4) is 0 Å². The molecule has 0 aromatic heterocycles. The molecular weight excluding hydrogens is 178 g/mol. The average molecular weight is 195 g/mol. The maximum Gasteiger partial charge on any atom is 0.136 e. The van der Waals surface area contributed by atoms with Crippen molar-refractivity contribution in [1.82, 2.24) is 4.90 Å². The Labute approximate surface area is 84.4 Å². The van der Waals surface area contributed by atoms with Crippen LogP contribution < -0.4 is 0 Å². The van der Waals surface area contributed by atoms with Crippen LogP contribution in [0, 0.1) is 11.8 Å². The second kappa shape index (κ2) is 3.31. The van der Waals surface area contributed by atoms with Crippen molar-refractivity contribution in [3.05, 3.63) is 0 Å². The summed E-state index contributed by atoms with van der Waals surface area (Å²) in [7, 11) is 0. The van der Waals surface area contributed by atoms with E-state index >= 15 is 0 Å². The highest BCUT2D eigenvalue weighted by Gasteiger charge is 2.47. The molecule has 1 saturated heterocycles. The number of ether oxygens (including phenoxy) is 1. The molecule has 1 heterocycles. The SMILES string of the molecule is O=C1CC2CC1CC2N1CCOCC1. The van der Waals surface area contributed by atoms with Crippen LogP contribution in [0.5, 0.6) is 0 Å². The highest BCUT2D eigenvalue weighted by molar-refractivity contribution is 5.84. The van der Waals surface area contributed by atoms with E-state index in [2.05, 4.69) is 4.90 Å². The van der Waals surface area contributed by atoms with Gasteiger partial charge in [0.25, 0.3) is 0 Å². The van der Waals surface area contributed by atoms with Crippen LogP contribution in [0.25, 0.3) is 0 Å². The summed E-state index contributed by atoms with van der Waals surface area (Å²) in [5.74, 6) is 1.61. The van der Waals surface area contributed by atoms with Gasteiger partial charge in [0.1, 0.15) is 5.78 Å². The lowest BCUT2D eigenvalue weighted by Crippen LogP contribution is -2.46. The summed E-state index contributed by atoms with van der Waals surface area (Å²) in [5.41, 5.74) is 0. The summed E-state index contributed by atoms with van der Waals surface area (Å²) in [4.78, 5) is 14.0. The zero-order chi connectivity index (χ0) is 9.54. The Kier molecular flexibility index (Phi) is 2.10. The summed E-state index contributed by atoms with van der Waals surface area (Å²) in [5, 5.41) is 0. The van der Waals surface area contributed by atoms with Crippen molar-refractivity contribution >= 4 is 5.78 Å². The third-order valence-corrected chi connectivity index (χ3v) is 4.09. The number of carbonyl (C=O) groups is 1. The molecule has 0 aromatic carbocycles. The monoisotopic (exact) mass is 195 g/mol. The van der Waals surface area contributed by atoms with E-state index in [9.17, 15) is 4.79 Å². The molecule has 3 atom stereocenters. The number of nitrogens with zero attached hydrogens (tertiary/aromatic N) is 1. The molecule has 3 nitrogen and oxygen atoms in total. The van der Waals surface area contributed by atoms with Gasteiger partial charge in [0, 0.05) is 31.5 Å². The summed E-state index contributed by atoms with van der Waals surface area (Å²) in [6.45, 7) is 3.90. The molecule has 2 saturated carbocycles. The number of hydrogen-bond acceptors (Lipinski definition) is 3. The Balaban J connectivity index is 1.67. The van der Waals surface area contributed by atoms with Gasteiger partial charge < -0.3 is 4.74 Å². The van der Waals surface area contributed by atoms with Crippen LogP contribution in [0.4, 0.5) is 0 Å². The highest BCUT2D eigenvalue weighted by Crippen LogP contribution is 2.44. The minimum Gasteiger partial charge on any atom is -0.379 e. The van der Waals surface area contributed by atoms with Crippen molar-refractivity contribution in [2.75, 3.05) is 26.3 Å². The van der Waals surface area contributed by atoms with E-state index in [0.29, 0.717) is 23.7 Å². The van der Waals surface area contributed by atoms with E-state index < -0.39 is 0 Å². The predicted molar refractivity (Wildman–Crippen MR) is 52.0 cm³/mol. The molecule has 3 fully saturated rings. The summed E-state index contributed by atoms with van der Waals surface area (Å²) < 4.78 is 5.35. The lowest BCUT2D eigenvalue weighted by Gasteiger charge is -2.36. The first kappa shape index (κ1) is 8.86. The van der Waals surface area contributed by atoms with Gasteiger partial charge in [-0.2, -0.15) is 0 Å². The van der Waals surface area contributed by atoms with Gasteiger partial charge in [0.2, 0.25) is 0 Å². The molecule has 0 spiro atoms. The topological polar surface area (TPSA) is 29.5 Å². The van der Waals surface area contributed by atoms with E-state index in [1.54, 1.807) is 0 Å². The molecule has 0 radical (unpaired) electrons. The largest absolute Gasteiger partial charge is 0.379 e. The van der Waals surface area contributed by atoms with Crippen LogP contribution >= 0.6 is 0 Å². The lowest BCUT2D eigenvalue weighted by atomic mass is 9.93. The number of morpholine rings is 1. The molecule has 3 rings (SSSR count). The quantitative estimate of drug-likeness (QED) is 0.616. The van der Waals surface area contributed by atoms with Crippen molar-refractivity contribution < 1.29 is 9.53 Å². The zero-order valence-corrected chi connectivity index (χ0v) is 8.45. The first-order chi connectivity index (χ1) is 6.84. The minimum absolute atomic E-state index is 0.410. The molecule has 78 valence electrons. The number of fused-ring (bicyclic) bond motifs is 2. The Bertz CT molecular complexity index is 248. The van der Waals surface area contributed by atoms with Crippen LogP contribution in [-0.4, -0.2) is 43.0 Å². The van der Waals surface area contributed by atoms with Crippen LogP contribution in [0.1, 0.15) is 19.3 Å². The second-order valence-corrected chi connectivity index (χ2v) is 4.81. The molecule has 3 heteroatoms. The summed E-state index contributed by atoms with van der Waals surface area (Å²) >= 11 is 0. The smallest absolute Gasteiger partial charge is 0.136 e. The maximum atomic E-state index is 11.4. The molecular formula is C11H17NO2. The van der Waals surface area contributed by atoms with Gasteiger partial charge in [-0.3, -0.25) is 9.69 Å². The van der Waals surface area contributed by atoms with E-state index in [0.717, 1.165) is 39.1 Å². The normalized spacial score (nSPS) is 43.4. The predicted octanol–water partition coefficient (Wildman–Crippen LogP) is 0.686. The average Bonchev–Trinajstić information content (AvgIpc) is 2.77. The molecule has 3 unspecified atom stereocenters. The minimum atomic E-state index is 0.410. The highest BCUT2D eigenvalue weighted by atomic mass is 16.5. The van der Waals surface area contributed by atoms with E-state index in [-0.39, 0.29) is 0 Å². The summed E-state index contributed by atoms with van der Waals surface area (Å²) in [6, 6.07) is 0.696. The van der Waals surface area contributed by atoms with E-state index in [4.69, 9.17) is 4.74 Å². The van der Waals surface area contributed by atoms with Gasteiger partial charge in [-0.25, -0.2) is 0 Å².